The van der Waals surface area contributed by atoms with Gasteiger partial charge >= 0.3 is 12.1 Å². The fraction of sp³-hybridized carbons (Fsp3) is 0.909. The third-order valence-electron chi connectivity index (χ3n) is 2.93. The molecule has 0 aromatic heterocycles. The Morgan fingerprint density at radius 2 is 2.17 bits per heavy atom. The van der Waals surface area contributed by atoms with Crippen LogP contribution in [0.3, 0.4) is 0 Å². The second-order valence-corrected chi connectivity index (χ2v) is 4.48. The summed E-state index contributed by atoms with van der Waals surface area (Å²) >= 11 is 0. The largest absolute Gasteiger partial charge is 0.465 e. The van der Waals surface area contributed by atoms with Gasteiger partial charge in [0.2, 0.25) is 0 Å². The average Bonchev–Trinajstić information content (AvgIpc) is 2.60. The van der Waals surface area contributed by atoms with Gasteiger partial charge in [0, 0.05) is 6.42 Å². The molecule has 0 aliphatic heterocycles. The third-order valence-corrected chi connectivity index (χ3v) is 2.93. The first-order valence-corrected chi connectivity index (χ1v) is 5.91. The van der Waals surface area contributed by atoms with Crippen molar-refractivity contribution in [2.75, 3.05) is 13.2 Å². The number of nitrogens with two attached hydrogens (primary N) is 1. The van der Waals surface area contributed by atoms with E-state index in [1.165, 1.54) is 0 Å². The Hall–Kier alpha value is -0.820. The molecule has 2 unspecified atom stereocenters. The van der Waals surface area contributed by atoms with Crippen LogP contribution in [0, 0.1) is 0 Å². The van der Waals surface area contributed by atoms with Crippen molar-refractivity contribution < 1.29 is 27.4 Å². The molecule has 0 aromatic carbocycles. The van der Waals surface area contributed by atoms with Gasteiger partial charge in [-0.25, -0.2) is 0 Å². The van der Waals surface area contributed by atoms with Gasteiger partial charge in [0.25, 0.3) is 0 Å². The number of hydrogen-bond donors (Lipinski definition) is 1. The van der Waals surface area contributed by atoms with Crippen LogP contribution in [0.25, 0.3) is 0 Å². The second-order valence-electron chi connectivity index (χ2n) is 4.48. The van der Waals surface area contributed by atoms with E-state index in [1.54, 1.807) is 6.92 Å². The van der Waals surface area contributed by atoms with E-state index in [2.05, 4.69) is 0 Å². The maximum absolute atomic E-state index is 11.9. The molecule has 0 bridgehead atoms. The fourth-order valence-corrected chi connectivity index (χ4v) is 1.97. The molecule has 4 nitrogen and oxygen atoms in total. The summed E-state index contributed by atoms with van der Waals surface area (Å²) in [5.74, 6) is -0.507. The first-order chi connectivity index (χ1) is 8.27. The number of rotatable bonds is 5. The van der Waals surface area contributed by atoms with E-state index in [4.69, 9.17) is 15.2 Å². The third kappa shape index (κ3) is 4.45. The average molecular weight is 269 g/mol. The lowest BCUT2D eigenvalue weighted by Gasteiger charge is -2.21. The Bertz CT molecular complexity index is 296. The van der Waals surface area contributed by atoms with Gasteiger partial charge in [0.1, 0.15) is 5.54 Å². The molecule has 18 heavy (non-hydrogen) atoms. The summed E-state index contributed by atoms with van der Waals surface area (Å²) in [6.45, 7) is 1.51. The Labute approximate surface area is 104 Å². The van der Waals surface area contributed by atoms with Crippen molar-refractivity contribution in [2.24, 2.45) is 5.73 Å². The predicted molar refractivity (Wildman–Crippen MR) is 57.8 cm³/mol. The van der Waals surface area contributed by atoms with Crippen LogP contribution in [0.2, 0.25) is 0 Å². The molecule has 0 spiro atoms. The molecule has 0 amide bonds. The van der Waals surface area contributed by atoms with Gasteiger partial charge in [-0.3, -0.25) is 4.79 Å². The number of hydrogen-bond acceptors (Lipinski definition) is 4. The second kappa shape index (κ2) is 5.88. The van der Waals surface area contributed by atoms with E-state index in [1.807, 2.05) is 0 Å². The van der Waals surface area contributed by atoms with Crippen LogP contribution in [-0.4, -0.2) is 37.0 Å². The Morgan fingerprint density at radius 3 is 2.72 bits per heavy atom. The van der Waals surface area contributed by atoms with Crippen LogP contribution in [-0.2, 0) is 14.3 Å². The van der Waals surface area contributed by atoms with Gasteiger partial charge in [-0.15, -0.1) is 0 Å². The molecule has 2 N–H and O–H groups in total. The van der Waals surface area contributed by atoms with Crippen molar-refractivity contribution in [1.29, 1.82) is 0 Å². The Kier molecular flexibility index (Phi) is 4.98. The van der Waals surface area contributed by atoms with Crippen LogP contribution in [0.15, 0.2) is 0 Å². The topological polar surface area (TPSA) is 61.5 Å². The molecule has 1 rings (SSSR count). The van der Waals surface area contributed by atoms with Gasteiger partial charge in [-0.05, 0) is 19.8 Å². The number of halogens is 3. The quantitative estimate of drug-likeness (QED) is 0.773. The van der Waals surface area contributed by atoms with Gasteiger partial charge in [0.15, 0.2) is 0 Å². The highest BCUT2D eigenvalue weighted by Crippen LogP contribution is 2.31. The number of ether oxygens (including phenoxy) is 2. The first kappa shape index (κ1) is 15.2. The summed E-state index contributed by atoms with van der Waals surface area (Å²) in [6, 6.07) is 0. The van der Waals surface area contributed by atoms with E-state index in [0.29, 0.717) is 12.8 Å². The van der Waals surface area contributed by atoms with Gasteiger partial charge in [0.05, 0.1) is 25.7 Å². The predicted octanol–water partition coefficient (Wildman–Crippen LogP) is 1.77. The number of esters is 1. The molecule has 7 heteroatoms. The number of carbonyl (C=O) groups excluding carboxylic acids is 1. The van der Waals surface area contributed by atoms with Crippen molar-refractivity contribution >= 4 is 5.97 Å². The summed E-state index contributed by atoms with van der Waals surface area (Å²) in [6.07, 6.45) is -4.54. The highest BCUT2D eigenvalue weighted by Gasteiger charge is 2.44. The minimum Gasteiger partial charge on any atom is -0.465 e. The molecular formula is C11H18F3NO3. The SMILES string of the molecule is CCOC(=O)C1(N)CCC(OCCC(F)(F)F)C1. The van der Waals surface area contributed by atoms with E-state index in [9.17, 15) is 18.0 Å². The molecule has 0 saturated heterocycles. The minimum atomic E-state index is -4.22. The van der Waals surface area contributed by atoms with Gasteiger partial charge in [-0.2, -0.15) is 13.2 Å². The van der Waals surface area contributed by atoms with Crippen molar-refractivity contribution in [3.8, 4) is 0 Å². The summed E-state index contributed by atoms with van der Waals surface area (Å²) < 4.78 is 45.7. The molecule has 2 atom stereocenters. The lowest BCUT2D eigenvalue weighted by atomic mass is 9.99. The summed E-state index contributed by atoms with van der Waals surface area (Å²) in [5.41, 5.74) is 4.75. The van der Waals surface area contributed by atoms with Gasteiger partial charge < -0.3 is 15.2 Å². The summed E-state index contributed by atoms with van der Waals surface area (Å²) in [4.78, 5) is 11.6. The fourth-order valence-electron chi connectivity index (χ4n) is 1.97. The van der Waals surface area contributed by atoms with Crippen LogP contribution in [0.5, 0.6) is 0 Å². The van der Waals surface area contributed by atoms with Crippen molar-refractivity contribution in [1.82, 2.24) is 0 Å². The van der Waals surface area contributed by atoms with Crippen molar-refractivity contribution in [3.63, 3.8) is 0 Å². The zero-order chi connectivity index (χ0) is 13.8. The highest BCUT2D eigenvalue weighted by atomic mass is 19.4. The summed E-state index contributed by atoms with van der Waals surface area (Å²) in [7, 11) is 0. The van der Waals surface area contributed by atoms with Gasteiger partial charge in [-0.1, -0.05) is 0 Å². The smallest absolute Gasteiger partial charge is 0.391 e. The van der Waals surface area contributed by atoms with E-state index >= 15 is 0 Å². The maximum Gasteiger partial charge on any atom is 0.391 e. The molecule has 1 saturated carbocycles. The standard InChI is InChI=1S/C11H18F3NO3/c1-2-17-9(16)10(15)4-3-8(7-10)18-6-5-11(12,13)14/h8H,2-7,15H2,1H3. The zero-order valence-corrected chi connectivity index (χ0v) is 10.3. The number of alkyl halides is 3. The maximum atomic E-state index is 11.9. The molecule has 106 valence electrons. The monoisotopic (exact) mass is 269 g/mol. The number of carbonyl (C=O) groups is 1. The zero-order valence-electron chi connectivity index (χ0n) is 10.3. The summed E-state index contributed by atoms with van der Waals surface area (Å²) in [5, 5.41) is 0. The van der Waals surface area contributed by atoms with E-state index in [-0.39, 0.29) is 13.0 Å². The normalized spacial score (nSPS) is 28.4. The Morgan fingerprint density at radius 1 is 1.50 bits per heavy atom. The minimum absolute atomic E-state index is 0.212. The molecule has 1 fully saturated rings. The first-order valence-electron chi connectivity index (χ1n) is 5.91. The van der Waals surface area contributed by atoms with Crippen molar-refractivity contribution in [3.05, 3.63) is 0 Å². The molecule has 0 heterocycles. The molecule has 0 aromatic rings. The van der Waals surface area contributed by atoms with E-state index < -0.39 is 36.8 Å². The van der Waals surface area contributed by atoms with Crippen LogP contribution in [0.1, 0.15) is 32.6 Å². The lowest BCUT2D eigenvalue weighted by Crippen LogP contribution is -2.47. The molecular weight excluding hydrogens is 251 g/mol. The van der Waals surface area contributed by atoms with Crippen LogP contribution < -0.4 is 5.73 Å². The molecule has 1 aliphatic rings. The van der Waals surface area contributed by atoms with Crippen molar-refractivity contribution in [2.45, 2.75) is 50.4 Å². The molecule has 1 aliphatic carbocycles. The molecule has 0 radical (unpaired) electrons. The Balaban J connectivity index is 2.34. The van der Waals surface area contributed by atoms with Crippen LogP contribution >= 0.6 is 0 Å². The lowest BCUT2D eigenvalue weighted by molar-refractivity contribution is -0.153. The van der Waals surface area contributed by atoms with E-state index in [0.717, 1.165) is 0 Å². The highest BCUT2D eigenvalue weighted by molar-refractivity contribution is 5.81. The van der Waals surface area contributed by atoms with Crippen LogP contribution in [0.4, 0.5) is 13.2 Å².